The van der Waals surface area contributed by atoms with E-state index in [-0.39, 0.29) is 36.1 Å². The Morgan fingerprint density at radius 2 is 1.52 bits per heavy atom. The maximum Gasteiger partial charge on any atom is 0.245 e. The Bertz CT molecular complexity index is 1440. The van der Waals surface area contributed by atoms with Crippen LogP contribution in [0.2, 0.25) is 5.02 Å². The minimum Gasteiger partial charge on any atom is -0.344 e. The van der Waals surface area contributed by atoms with Crippen molar-refractivity contribution in [3.63, 3.8) is 0 Å². The number of benzene rings is 2. The first kappa shape index (κ1) is 35.8. The molecule has 1 unspecified atom stereocenters. The van der Waals surface area contributed by atoms with E-state index in [9.17, 15) is 19.2 Å². The summed E-state index contributed by atoms with van der Waals surface area (Å²) in [5.41, 5.74) is 3.05. The number of rotatable bonds is 10. The summed E-state index contributed by atoms with van der Waals surface area (Å²) in [6.45, 7) is 13.2. The maximum absolute atomic E-state index is 14.2. The van der Waals surface area contributed by atoms with E-state index >= 15 is 0 Å². The molecular formula is C37H51ClN6O4. The molecule has 0 aliphatic carbocycles. The standard InChI is InChI=1S/C37H51ClN6O4/c1-26(2)25-44(32-14-16-40(17-15-32)27(3)45)42-21-19-41(20-22-42)37(48)34(23-29-9-11-31(38)12-10-29)39-36(47)24-35-33-8-6-5-7-30(33)13-18-43(35)28(4)46/h5-12,26,32,34-35H,13-25H2,1-4H3,(H,39,47)/t34-,35?/m1/s1. The van der Waals surface area contributed by atoms with Crippen molar-refractivity contribution in [3.8, 4) is 0 Å². The Labute approximate surface area is 290 Å². The number of likely N-dealkylation sites (tertiary alicyclic amines) is 1. The van der Waals surface area contributed by atoms with E-state index in [2.05, 4.69) is 35.2 Å². The number of nitrogens with one attached hydrogen (secondary N) is 1. The van der Waals surface area contributed by atoms with Gasteiger partial charge in [-0.2, -0.15) is 0 Å². The Hall–Kier alpha value is -3.47. The number of piperazine rings is 1. The third-order valence-electron chi connectivity index (χ3n) is 10.00. The molecule has 48 heavy (non-hydrogen) atoms. The summed E-state index contributed by atoms with van der Waals surface area (Å²) in [6.07, 6.45) is 3.05. The first-order valence-electron chi connectivity index (χ1n) is 17.4. The molecule has 2 atom stereocenters. The number of carbonyl (C=O) groups excluding carboxylic acids is 4. The quantitative estimate of drug-likeness (QED) is 0.409. The van der Waals surface area contributed by atoms with Gasteiger partial charge < -0.3 is 20.0 Å². The molecule has 3 aliphatic heterocycles. The van der Waals surface area contributed by atoms with Gasteiger partial charge in [-0.3, -0.25) is 19.2 Å². The minimum absolute atomic E-state index is 0.0649. The minimum atomic E-state index is -0.752. The molecule has 5 rings (SSSR count). The summed E-state index contributed by atoms with van der Waals surface area (Å²) < 4.78 is 0. The molecule has 11 heteroatoms. The van der Waals surface area contributed by atoms with Gasteiger partial charge in [0.25, 0.3) is 0 Å². The summed E-state index contributed by atoms with van der Waals surface area (Å²) in [7, 11) is 0. The third-order valence-corrected chi connectivity index (χ3v) is 10.2. The number of amides is 4. The van der Waals surface area contributed by atoms with Gasteiger partial charge in [-0.15, -0.1) is 0 Å². The molecule has 2 saturated heterocycles. The van der Waals surface area contributed by atoms with Crippen molar-refractivity contribution in [1.82, 2.24) is 30.0 Å². The van der Waals surface area contributed by atoms with Gasteiger partial charge in [0, 0.05) is 83.7 Å². The molecule has 1 N–H and O–H groups in total. The van der Waals surface area contributed by atoms with Crippen LogP contribution in [0.25, 0.3) is 0 Å². The first-order chi connectivity index (χ1) is 23.0. The number of fused-ring (bicyclic) bond motifs is 1. The highest BCUT2D eigenvalue weighted by atomic mass is 35.5. The Kier molecular flexibility index (Phi) is 12.2. The highest BCUT2D eigenvalue weighted by molar-refractivity contribution is 6.30. The van der Waals surface area contributed by atoms with Crippen molar-refractivity contribution in [3.05, 3.63) is 70.2 Å². The summed E-state index contributed by atoms with van der Waals surface area (Å²) in [6, 6.07) is 14.6. The monoisotopic (exact) mass is 678 g/mol. The molecule has 4 amide bonds. The Morgan fingerprint density at radius 3 is 2.15 bits per heavy atom. The number of hydrogen-bond donors (Lipinski definition) is 1. The van der Waals surface area contributed by atoms with Crippen LogP contribution in [0.15, 0.2) is 48.5 Å². The molecule has 2 aromatic carbocycles. The molecule has 3 aliphatic rings. The molecular weight excluding hydrogens is 628 g/mol. The van der Waals surface area contributed by atoms with Gasteiger partial charge in [-0.1, -0.05) is 61.8 Å². The van der Waals surface area contributed by atoms with Gasteiger partial charge in [-0.05, 0) is 54.0 Å². The lowest BCUT2D eigenvalue weighted by atomic mass is 9.90. The number of carbonyl (C=O) groups is 4. The van der Waals surface area contributed by atoms with Crippen molar-refractivity contribution in [2.24, 2.45) is 5.92 Å². The Balaban J connectivity index is 1.27. The van der Waals surface area contributed by atoms with Crippen LogP contribution < -0.4 is 5.32 Å². The van der Waals surface area contributed by atoms with E-state index in [1.54, 1.807) is 30.9 Å². The Morgan fingerprint density at radius 1 is 0.854 bits per heavy atom. The van der Waals surface area contributed by atoms with Gasteiger partial charge in [0.05, 0.1) is 12.5 Å². The zero-order valence-electron chi connectivity index (χ0n) is 28.9. The molecule has 2 aromatic rings. The van der Waals surface area contributed by atoms with Crippen LogP contribution in [-0.2, 0) is 32.0 Å². The van der Waals surface area contributed by atoms with Crippen molar-refractivity contribution in [2.75, 3.05) is 52.4 Å². The van der Waals surface area contributed by atoms with Gasteiger partial charge >= 0.3 is 0 Å². The molecule has 0 aromatic heterocycles. The number of hydrogen-bond acceptors (Lipinski definition) is 6. The zero-order valence-corrected chi connectivity index (χ0v) is 29.6. The average molecular weight is 679 g/mol. The van der Waals surface area contributed by atoms with Crippen LogP contribution in [0.1, 0.15) is 69.7 Å². The van der Waals surface area contributed by atoms with Crippen LogP contribution in [0.4, 0.5) is 0 Å². The first-order valence-corrected chi connectivity index (χ1v) is 17.8. The fourth-order valence-electron chi connectivity index (χ4n) is 7.48. The molecule has 2 fully saturated rings. The summed E-state index contributed by atoms with van der Waals surface area (Å²) in [5, 5.41) is 8.57. The highest BCUT2D eigenvalue weighted by Crippen LogP contribution is 2.32. The predicted molar refractivity (Wildman–Crippen MR) is 187 cm³/mol. The van der Waals surface area contributed by atoms with E-state index in [4.69, 9.17) is 11.6 Å². The predicted octanol–water partition coefficient (Wildman–Crippen LogP) is 3.93. The molecule has 260 valence electrons. The smallest absolute Gasteiger partial charge is 0.245 e. The average Bonchev–Trinajstić information content (AvgIpc) is 3.07. The van der Waals surface area contributed by atoms with Crippen LogP contribution in [0.5, 0.6) is 0 Å². The van der Waals surface area contributed by atoms with Crippen molar-refractivity contribution >= 4 is 35.2 Å². The maximum atomic E-state index is 14.2. The van der Waals surface area contributed by atoms with E-state index < -0.39 is 6.04 Å². The molecule has 10 nitrogen and oxygen atoms in total. The van der Waals surface area contributed by atoms with Crippen LogP contribution in [0.3, 0.4) is 0 Å². The molecule has 3 heterocycles. The number of piperidine rings is 1. The molecule has 0 radical (unpaired) electrons. The van der Waals surface area contributed by atoms with Crippen molar-refractivity contribution < 1.29 is 19.2 Å². The van der Waals surface area contributed by atoms with Gasteiger partial charge in [-0.25, -0.2) is 10.0 Å². The van der Waals surface area contributed by atoms with E-state index in [0.29, 0.717) is 56.1 Å². The van der Waals surface area contributed by atoms with Crippen LogP contribution in [0, 0.1) is 5.92 Å². The second kappa shape index (κ2) is 16.3. The fraction of sp³-hybridized carbons (Fsp3) is 0.568. The lowest BCUT2D eigenvalue weighted by Crippen LogP contribution is -2.61. The largest absolute Gasteiger partial charge is 0.344 e. The highest BCUT2D eigenvalue weighted by Gasteiger charge is 2.36. The number of hydrazine groups is 1. The van der Waals surface area contributed by atoms with Crippen LogP contribution >= 0.6 is 11.6 Å². The van der Waals surface area contributed by atoms with Crippen molar-refractivity contribution in [2.45, 2.75) is 77.9 Å². The van der Waals surface area contributed by atoms with Gasteiger partial charge in [0.2, 0.25) is 23.6 Å². The lowest BCUT2D eigenvalue weighted by molar-refractivity contribution is -0.146. The van der Waals surface area contributed by atoms with E-state index in [0.717, 1.165) is 55.6 Å². The van der Waals surface area contributed by atoms with Gasteiger partial charge in [0.1, 0.15) is 6.04 Å². The fourth-order valence-corrected chi connectivity index (χ4v) is 7.60. The normalized spacial score (nSPS) is 19.7. The molecule has 0 spiro atoms. The third kappa shape index (κ3) is 8.95. The molecule has 0 saturated carbocycles. The second-order valence-electron chi connectivity index (χ2n) is 13.9. The zero-order chi connectivity index (χ0) is 34.4. The summed E-state index contributed by atoms with van der Waals surface area (Å²) in [5.74, 6) is 0.190. The summed E-state index contributed by atoms with van der Waals surface area (Å²) >= 11 is 6.15. The van der Waals surface area contributed by atoms with E-state index in [1.165, 1.54) is 0 Å². The van der Waals surface area contributed by atoms with Crippen LogP contribution in [-0.4, -0.2) is 113 Å². The summed E-state index contributed by atoms with van der Waals surface area (Å²) in [4.78, 5) is 58.0. The number of halogens is 1. The number of nitrogens with zero attached hydrogens (tertiary/aromatic N) is 5. The SMILES string of the molecule is CC(=O)N1CCC(N(CC(C)C)N2CCN(C(=O)[C@@H](Cc3ccc(Cl)cc3)NC(=O)CC3c4ccccc4CCN3C(C)=O)CC2)CC1. The second-order valence-corrected chi connectivity index (χ2v) is 14.3. The van der Waals surface area contributed by atoms with Crippen molar-refractivity contribution in [1.29, 1.82) is 0 Å². The van der Waals surface area contributed by atoms with Gasteiger partial charge in [0.15, 0.2) is 0 Å². The molecule has 0 bridgehead atoms. The van der Waals surface area contributed by atoms with E-state index in [1.807, 2.05) is 40.1 Å². The lowest BCUT2D eigenvalue weighted by Gasteiger charge is -2.47. The topological polar surface area (TPSA) is 96.5 Å².